The Morgan fingerprint density at radius 3 is 2.30 bits per heavy atom. The monoisotopic (exact) mass is 818 g/mol. The van der Waals surface area contributed by atoms with Crippen molar-refractivity contribution in [3.8, 4) is 11.3 Å². The number of halogens is 5. The van der Waals surface area contributed by atoms with Crippen LogP contribution in [0.3, 0.4) is 0 Å². The Morgan fingerprint density at radius 2 is 1.82 bits per heavy atom. The summed E-state index contributed by atoms with van der Waals surface area (Å²) in [6.07, 6.45) is -3.11. The first-order chi connectivity index (χ1) is 26.1. The molecule has 0 radical (unpaired) electrons. The van der Waals surface area contributed by atoms with Crippen LogP contribution in [0.4, 0.5) is 29.1 Å². The first-order valence-corrected chi connectivity index (χ1v) is 18.3. The molecule has 316 valence electrons. The molecule has 1 aromatic carbocycles. The fourth-order valence-electron chi connectivity index (χ4n) is 6.02. The number of likely N-dealkylation sites (N-methyl/N-ethyl adjacent to an activating group) is 1. The number of fused-ring (bicyclic) bond motifs is 1. The van der Waals surface area contributed by atoms with Crippen LogP contribution in [0, 0.1) is 12.7 Å². The molecule has 2 atom stereocenters. The molecule has 4 heterocycles. The Morgan fingerprint density at radius 1 is 1.18 bits per heavy atom. The lowest BCUT2D eigenvalue weighted by molar-refractivity contribution is -0.137. The number of nitrogens with zero attached hydrogens (tertiary/aromatic N) is 5. The lowest BCUT2D eigenvalue weighted by Gasteiger charge is -2.43. The number of hydrogen-bond acceptors (Lipinski definition) is 12. The number of nitrogens with two attached hydrogens (primary N) is 1. The van der Waals surface area contributed by atoms with Gasteiger partial charge in [-0.05, 0) is 71.6 Å². The summed E-state index contributed by atoms with van der Waals surface area (Å²) in [6.45, 7) is 15.8. The molecule has 2 saturated heterocycles. The number of pyridine rings is 1. The lowest BCUT2D eigenvalue weighted by atomic mass is 9.96. The fourth-order valence-corrected chi connectivity index (χ4v) is 6.30. The number of anilines is 2. The molecule has 3 aliphatic heterocycles. The predicted molar refractivity (Wildman–Crippen MR) is 214 cm³/mol. The Hall–Kier alpha value is -4.03. The summed E-state index contributed by atoms with van der Waals surface area (Å²) in [6, 6.07) is 2.03. The van der Waals surface area contributed by atoms with Gasteiger partial charge in [-0.3, -0.25) is 9.59 Å². The summed E-state index contributed by atoms with van der Waals surface area (Å²) < 4.78 is 73.0. The predicted octanol–water partition coefficient (Wildman–Crippen LogP) is 6.04. The molecule has 56 heavy (non-hydrogen) atoms. The molecule has 2 fully saturated rings. The molecule has 3 aliphatic rings. The number of nitrogen functional groups attached to an aromatic ring is 1. The Balaban J connectivity index is 0.000000888. The summed E-state index contributed by atoms with van der Waals surface area (Å²) in [4.78, 5) is 37.2. The van der Waals surface area contributed by atoms with Crippen LogP contribution in [0.5, 0.6) is 0 Å². The van der Waals surface area contributed by atoms with Crippen molar-refractivity contribution in [2.75, 3.05) is 91.8 Å². The maximum absolute atomic E-state index is 16.2. The van der Waals surface area contributed by atoms with Crippen molar-refractivity contribution in [1.29, 1.82) is 0 Å². The van der Waals surface area contributed by atoms with Gasteiger partial charge in [-0.25, -0.2) is 14.4 Å². The van der Waals surface area contributed by atoms with Crippen LogP contribution in [0.15, 0.2) is 29.3 Å². The zero-order valence-electron chi connectivity index (χ0n) is 32.9. The maximum atomic E-state index is 16.2. The second kappa shape index (κ2) is 23.9. The Bertz CT molecular complexity index is 1620. The maximum Gasteiger partial charge on any atom is 0.418 e. The van der Waals surface area contributed by atoms with Gasteiger partial charge in [0.25, 0.3) is 12.4 Å². The smallest absolute Gasteiger partial charge is 0.418 e. The van der Waals surface area contributed by atoms with Crippen molar-refractivity contribution in [3.05, 3.63) is 51.8 Å². The molecule has 4 N–H and O–H groups in total. The Kier molecular flexibility index (Phi) is 21.3. The number of rotatable bonds is 9. The van der Waals surface area contributed by atoms with E-state index in [-0.39, 0.29) is 91.2 Å². The SMILES string of the molecule is C.C=C(COC=O)C(=O)N1CCN(C2=NC(OC)Nc3c2cc(Cl)c(-c2nc(N)cc(C)c2C(F)(F)F)c3F)C(C)C1.CC.CN1CCCC1.CNCCOC. The molecular formula is C38H59ClF4N8O5. The summed E-state index contributed by atoms with van der Waals surface area (Å²) in [5.74, 6) is -1.43. The number of amidine groups is 1. The van der Waals surface area contributed by atoms with Crippen molar-refractivity contribution >= 4 is 41.3 Å². The summed E-state index contributed by atoms with van der Waals surface area (Å²) in [7, 11) is 7.10. The van der Waals surface area contributed by atoms with E-state index in [1.54, 1.807) is 7.11 Å². The van der Waals surface area contributed by atoms with Crippen molar-refractivity contribution in [3.63, 3.8) is 0 Å². The zero-order valence-corrected chi connectivity index (χ0v) is 33.7. The molecule has 1 aromatic heterocycles. The van der Waals surface area contributed by atoms with Crippen LogP contribution in [0.2, 0.25) is 5.02 Å². The number of likely N-dealkylation sites (tertiary alicyclic amines) is 1. The highest BCUT2D eigenvalue weighted by Crippen LogP contribution is 2.45. The molecule has 0 saturated carbocycles. The number of alkyl halides is 3. The highest BCUT2D eigenvalue weighted by Gasteiger charge is 2.40. The van der Waals surface area contributed by atoms with Gasteiger partial charge in [-0.15, -0.1) is 0 Å². The number of aromatic nitrogens is 1. The molecule has 0 spiro atoms. The molecule has 2 unspecified atom stereocenters. The third-order valence-corrected chi connectivity index (χ3v) is 8.95. The largest absolute Gasteiger partial charge is 0.463 e. The average Bonchev–Trinajstić information content (AvgIpc) is 3.63. The molecular weight excluding hydrogens is 760 g/mol. The third-order valence-electron chi connectivity index (χ3n) is 8.65. The number of hydrogen-bond donors (Lipinski definition) is 3. The number of ether oxygens (including phenoxy) is 3. The lowest BCUT2D eigenvalue weighted by Crippen LogP contribution is -2.56. The van der Waals surface area contributed by atoms with Gasteiger partial charge in [-0.2, -0.15) is 13.2 Å². The van der Waals surface area contributed by atoms with E-state index in [9.17, 15) is 22.8 Å². The summed E-state index contributed by atoms with van der Waals surface area (Å²) in [5, 5.41) is 5.37. The number of carbonyl (C=O) groups is 2. The molecule has 0 bridgehead atoms. The summed E-state index contributed by atoms with van der Waals surface area (Å²) in [5.41, 5.74) is 3.15. The van der Waals surface area contributed by atoms with Crippen molar-refractivity contribution < 1.29 is 41.4 Å². The highest BCUT2D eigenvalue weighted by atomic mass is 35.5. The van der Waals surface area contributed by atoms with E-state index >= 15 is 4.39 Å². The van der Waals surface area contributed by atoms with E-state index < -0.39 is 35.2 Å². The highest BCUT2D eigenvalue weighted by molar-refractivity contribution is 6.34. The number of methoxy groups -OCH3 is 2. The second-order valence-corrected chi connectivity index (χ2v) is 13.1. The van der Waals surface area contributed by atoms with E-state index in [1.165, 1.54) is 50.9 Å². The molecule has 18 heteroatoms. The Labute approximate surface area is 333 Å². The van der Waals surface area contributed by atoms with Gasteiger partial charge in [0.1, 0.15) is 18.3 Å². The van der Waals surface area contributed by atoms with Crippen LogP contribution in [0.25, 0.3) is 11.3 Å². The number of nitrogens with one attached hydrogen (secondary N) is 2. The van der Waals surface area contributed by atoms with E-state index in [1.807, 2.05) is 32.7 Å². The van der Waals surface area contributed by atoms with E-state index in [4.69, 9.17) is 26.8 Å². The number of carbonyl (C=O) groups excluding carboxylic acids is 2. The number of benzene rings is 1. The molecule has 5 rings (SSSR count). The van der Waals surface area contributed by atoms with Crippen LogP contribution in [0.1, 0.15) is 57.7 Å². The minimum Gasteiger partial charge on any atom is -0.463 e. The van der Waals surface area contributed by atoms with E-state index in [0.29, 0.717) is 0 Å². The second-order valence-electron chi connectivity index (χ2n) is 12.7. The molecule has 13 nitrogen and oxygen atoms in total. The minimum atomic E-state index is -4.86. The molecule has 0 aliphatic carbocycles. The topological polar surface area (TPSA) is 147 Å². The van der Waals surface area contributed by atoms with Gasteiger partial charge in [-0.1, -0.05) is 39.5 Å². The van der Waals surface area contributed by atoms with Gasteiger partial charge < -0.3 is 45.3 Å². The number of amides is 1. The van der Waals surface area contributed by atoms with Crippen LogP contribution in [-0.2, 0) is 30.0 Å². The van der Waals surface area contributed by atoms with Crippen LogP contribution < -0.4 is 16.4 Å². The first kappa shape index (κ1) is 50.0. The van der Waals surface area contributed by atoms with Crippen LogP contribution >= 0.6 is 11.6 Å². The summed E-state index contributed by atoms with van der Waals surface area (Å²) >= 11 is 6.46. The normalized spacial score (nSPS) is 17.6. The number of aryl methyl sites for hydroxylation is 1. The van der Waals surface area contributed by atoms with Gasteiger partial charge >= 0.3 is 6.18 Å². The van der Waals surface area contributed by atoms with Gasteiger partial charge in [0.2, 0.25) is 6.35 Å². The third kappa shape index (κ3) is 13.3. The van der Waals surface area contributed by atoms with E-state index in [0.717, 1.165) is 19.2 Å². The van der Waals surface area contributed by atoms with Gasteiger partial charge in [0.05, 0.1) is 34.1 Å². The minimum absolute atomic E-state index is 0. The fraction of sp³-hybridized carbons (Fsp3) is 0.579. The van der Waals surface area contributed by atoms with E-state index in [2.05, 4.69) is 43.9 Å². The van der Waals surface area contributed by atoms with Crippen molar-refractivity contribution in [2.24, 2.45) is 4.99 Å². The molecule has 1 amide bonds. The average molecular weight is 819 g/mol. The zero-order chi connectivity index (χ0) is 41.5. The van der Waals surface area contributed by atoms with Gasteiger partial charge in [0.15, 0.2) is 5.82 Å². The quantitative estimate of drug-likeness (QED) is 0.118. The van der Waals surface area contributed by atoms with Crippen molar-refractivity contribution in [2.45, 2.75) is 66.5 Å². The van der Waals surface area contributed by atoms with Gasteiger partial charge in [0, 0.05) is 57.6 Å². The van der Waals surface area contributed by atoms with Crippen LogP contribution in [-0.4, -0.2) is 131 Å². The first-order valence-electron chi connectivity index (χ1n) is 17.9. The standard InChI is InChI=1S/C26H27ClF4N6O4.C5H11N.C4H11NO.C2H6.CH4/c1-12-7-17(32)33-22(19(12)26(29,30)31)18-16(27)8-15-21(20(18)28)34-25(40-4)35-23(15)37-6-5-36(9-14(37)3)24(39)13(2)10-41-11-38;1-6-4-2-3-5-6;1-5-3-4-6-2;1-2;/h7-8,11,14,25,34H,2,5-6,9-10H2,1,3-4H3,(H2,32,33);2-5H2,1H3;5H,3-4H2,1-2H3;1-2H3;1H4. The molecule has 2 aromatic rings. The number of piperazine rings is 1. The van der Waals surface area contributed by atoms with Crippen molar-refractivity contribution in [1.82, 2.24) is 25.0 Å². The number of aliphatic imine (C=N–C) groups is 1.